The highest BCUT2D eigenvalue weighted by molar-refractivity contribution is 7.99. The third kappa shape index (κ3) is 3.77. The van der Waals surface area contributed by atoms with Gasteiger partial charge < -0.3 is 5.11 Å². The molecule has 72 valence electrons. The van der Waals surface area contributed by atoms with Crippen molar-refractivity contribution in [1.82, 2.24) is 0 Å². The van der Waals surface area contributed by atoms with E-state index >= 15 is 0 Å². The number of thioether (sulfide) groups is 1. The Morgan fingerprint density at radius 1 is 1.46 bits per heavy atom. The quantitative estimate of drug-likeness (QED) is 0.812. The number of hydrogen-bond donors (Lipinski definition) is 1. The van der Waals surface area contributed by atoms with Crippen LogP contribution in [0.25, 0.3) is 0 Å². The predicted molar refractivity (Wildman–Crippen MR) is 58.9 cm³/mol. The lowest BCUT2D eigenvalue weighted by atomic mass is 10.4. The third-order valence-corrected chi connectivity index (χ3v) is 3.35. The first-order valence-electron chi connectivity index (χ1n) is 3.85. The Labute approximate surface area is 92.1 Å². The second kappa shape index (κ2) is 5.11. The van der Waals surface area contributed by atoms with E-state index in [2.05, 4.69) is 0 Å². The molecule has 0 heterocycles. The van der Waals surface area contributed by atoms with Crippen molar-refractivity contribution < 1.29 is 5.11 Å². The average molecular weight is 237 g/mol. The molecule has 1 aromatic carbocycles. The molecule has 0 aliphatic heterocycles. The first-order chi connectivity index (χ1) is 6.09. The first kappa shape index (κ1) is 11.2. The van der Waals surface area contributed by atoms with Gasteiger partial charge in [-0.1, -0.05) is 23.2 Å². The molecular formula is C9H10Cl2OS. The van der Waals surface area contributed by atoms with E-state index in [9.17, 15) is 0 Å². The number of benzene rings is 1. The van der Waals surface area contributed by atoms with E-state index < -0.39 is 0 Å². The molecule has 0 radical (unpaired) electrons. The number of rotatable bonds is 3. The van der Waals surface area contributed by atoms with Gasteiger partial charge in [-0.15, -0.1) is 11.8 Å². The summed E-state index contributed by atoms with van der Waals surface area (Å²) in [4.78, 5) is 0.912. The zero-order valence-corrected chi connectivity index (χ0v) is 9.46. The number of halogens is 2. The van der Waals surface area contributed by atoms with Crippen LogP contribution in [0.5, 0.6) is 0 Å². The van der Waals surface area contributed by atoms with Crippen molar-refractivity contribution in [3.63, 3.8) is 0 Å². The molecule has 0 spiro atoms. The van der Waals surface area contributed by atoms with Gasteiger partial charge in [0.2, 0.25) is 0 Å². The van der Waals surface area contributed by atoms with E-state index in [4.69, 9.17) is 28.3 Å². The van der Waals surface area contributed by atoms with Gasteiger partial charge in [-0.2, -0.15) is 0 Å². The fourth-order valence-electron chi connectivity index (χ4n) is 0.798. The van der Waals surface area contributed by atoms with E-state index in [0.717, 1.165) is 4.90 Å². The van der Waals surface area contributed by atoms with E-state index in [1.54, 1.807) is 25.1 Å². The van der Waals surface area contributed by atoms with Crippen molar-refractivity contribution in [3.8, 4) is 0 Å². The fourth-order valence-corrected chi connectivity index (χ4v) is 2.15. The molecule has 0 amide bonds. The Kier molecular flexibility index (Phi) is 4.39. The smallest absolute Gasteiger partial charge is 0.0606 e. The maximum Gasteiger partial charge on any atom is 0.0606 e. The molecule has 0 saturated heterocycles. The molecule has 0 aliphatic carbocycles. The lowest BCUT2D eigenvalue weighted by Crippen LogP contribution is -2.02. The summed E-state index contributed by atoms with van der Waals surface area (Å²) >= 11 is 13.2. The van der Waals surface area contributed by atoms with Gasteiger partial charge in [0.15, 0.2) is 0 Å². The summed E-state index contributed by atoms with van der Waals surface area (Å²) < 4.78 is 0. The zero-order chi connectivity index (χ0) is 9.84. The minimum absolute atomic E-state index is 0.333. The molecule has 1 unspecified atom stereocenters. The number of aliphatic hydroxyl groups excluding tert-OH is 1. The zero-order valence-electron chi connectivity index (χ0n) is 7.13. The fraction of sp³-hybridized carbons (Fsp3) is 0.333. The first-order valence-corrected chi connectivity index (χ1v) is 5.59. The van der Waals surface area contributed by atoms with Gasteiger partial charge >= 0.3 is 0 Å². The van der Waals surface area contributed by atoms with Gasteiger partial charge in [0.25, 0.3) is 0 Å². The summed E-state index contributed by atoms with van der Waals surface area (Å²) in [5.74, 6) is 0.625. The summed E-state index contributed by atoms with van der Waals surface area (Å²) in [6, 6.07) is 5.31. The Balaban J connectivity index is 2.70. The van der Waals surface area contributed by atoms with Gasteiger partial charge in [-0.3, -0.25) is 0 Å². The van der Waals surface area contributed by atoms with Crippen LogP contribution in [0.3, 0.4) is 0 Å². The molecule has 0 bridgehead atoms. The SMILES string of the molecule is CC(O)CSc1cc(Cl)ccc1Cl. The standard InChI is InChI=1S/C9H10Cl2OS/c1-6(12)5-13-9-4-7(10)2-3-8(9)11/h2-4,6,12H,5H2,1H3. The van der Waals surface area contributed by atoms with Crippen LogP contribution >= 0.6 is 35.0 Å². The molecular weight excluding hydrogens is 227 g/mol. The molecule has 1 rings (SSSR count). The maximum atomic E-state index is 9.08. The van der Waals surface area contributed by atoms with Crippen LogP contribution in [0.1, 0.15) is 6.92 Å². The van der Waals surface area contributed by atoms with Crippen LogP contribution in [0.15, 0.2) is 23.1 Å². The molecule has 0 fully saturated rings. The number of hydrogen-bond acceptors (Lipinski definition) is 2. The maximum absolute atomic E-state index is 9.08. The van der Waals surface area contributed by atoms with Gasteiger partial charge in [0.1, 0.15) is 0 Å². The Hall–Kier alpha value is 0.110. The molecule has 1 atom stereocenters. The lowest BCUT2D eigenvalue weighted by molar-refractivity contribution is 0.220. The van der Waals surface area contributed by atoms with Crippen molar-refractivity contribution in [2.75, 3.05) is 5.75 Å². The molecule has 1 N–H and O–H groups in total. The van der Waals surface area contributed by atoms with Crippen LogP contribution in [0.2, 0.25) is 10.0 Å². The second-order valence-corrected chi connectivity index (χ2v) is 4.64. The van der Waals surface area contributed by atoms with Crippen LogP contribution in [-0.2, 0) is 0 Å². The molecule has 0 aromatic heterocycles. The van der Waals surface area contributed by atoms with Crippen LogP contribution in [-0.4, -0.2) is 17.0 Å². The van der Waals surface area contributed by atoms with Gasteiger partial charge in [0, 0.05) is 15.7 Å². The van der Waals surface area contributed by atoms with Gasteiger partial charge in [-0.25, -0.2) is 0 Å². The van der Waals surface area contributed by atoms with Gasteiger partial charge in [-0.05, 0) is 25.1 Å². The highest BCUT2D eigenvalue weighted by Gasteiger charge is 2.03. The van der Waals surface area contributed by atoms with Crippen LogP contribution in [0.4, 0.5) is 0 Å². The molecule has 4 heteroatoms. The van der Waals surface area contributed by atoms with Crippen molar-refractivity contribution in [2.24, 2.45) is 0 Å². The highest BCUT2D eigenvalue weighted by atomic mass is 35.5. The molecule has 1 aromatic rings. The van der Waals surface area contributed by atoms with Crippen molar-refractivity contribution in [2.45, 2.75) is 17.9 Å². The normalized spacial score (nSPS) is 12.9. The summed E-state index contributed by atoms with van der Waals surface area (Å²) in [6.07, 6.45) is -0.333. The van der Waals surface area contributed by atoms with Crippen molar-refractivity contribution in [1.29, 1.82) is 0 Å². The minimum atomic E-state index is -0.333. The Bertz CT molecular complexity index is 289. The van der Waals surface area contributed by atoms with E-state index in [-0.39, 0.29) is 6.10 Å². The topological polar surface area (TPSA) is 20.2 Å². The third-order valence-electron chi connectivity index (χ3n) is 1.37. The Morgan fingerprint density at radius 3 is 2.77 bits per heavy atom. The molecule has 0 saturated carbocycles. The van der Waals surface area contributed by atoms with Gasteiger partial charge in [0.05, 0.1) is 11.1 Å². The van der Waals surface area contributed by atoms with Crippen LogP contribution < -0.4 is 0 Å². The monoisotopic (exact) mass is 236 g/mol. The van der Waals surface area contributed by atoms with Crippen LogP contribution in [0, 0.1) is 0 Å². The second-order valence-electron chi connectivity index (χ2n) is 2.73. The summed E-state index contributed by atoms with van der Waals surface area (Å²) in [5.41, 5.74) is 0. The highest BCUT2D eigenvalue weighted by Crippen LogP contribution is 2.30. The average Bonchev–Trinajstić information content (AvgIpc) is 2.06. The van der Waals surface area contributed by atoms with Crippen molar-refractivity contribution in [3.05, 3.63) is 28.2 Å². The van der Waals surface area contributed by atoms with E-state index in [1.165, 1.54) is 11.8 Å². The molecule has 1 nitrogen and oxygen atoms in total. The molecule has 0 aliphatic rings. The van der Waals surface area contributed by atoms with E-state index in [1.807, 2.05) is 0 Å². The largest absolute Gasteiger partial charge is 0.393 e. The summed E-state index contributed by atoms with van der Waals surface area (Å²) in [5, 5.41) is 10.4. The minimum Gasteiger partial charge on any atom is -0.393 e. The molecule has 13 heavy (non-hydrogen) atoms. The Morgan fingerprint density at radius 2 is 2.15 bits per heavy atom. The van der Waals surface area contributed by atoms with Crippen molar-refractivity contribution >= 4 is 35.0 Å². The summed E-state index contributed by atoms with van der Waals surface area (Å²) in [6.45, 7) is 1.74. The summed E-state index contributed by atoms with van der Waals surface area (Å²) in [7, 11) is 0. The number of aliphatic hydroxyl groups is 1. The predicted octanol–water partition coefficient (Wildman–Crippen LogP) is 3.47. The van der Waals surface area contributed by atoms with E-state index in [0.29, 0.717) is 15.8 Å². The lowest BCUT2D eigenvalue weighted by Gasteiger charge is -2.05.